The van der Waals surface area contributed by atoms with Crippen LogP contribution in [0, 0.1) is 0 Å². The molecule has 0 amide bonds. The van der Waals surface area contributed by atoms with E-state index in [9.17, 15) is 13.6 Å². The summed E-state index contributed by atoms with van der Waals surface area (Å²) >= 11 is 5.55. The van der Waals surface area contributed by atoms with E-state index in [0.717, 1.165) is 0 Å². The number of carbonyl (C=O) groups excluding carboxylic acids is 1. The maximum atomic E-state index is 12.0. The van der Waals surface area contributed by atoms with Gasteiger partial charge in [0.2, 0.25) is 5.17 Å². The summed E-state index contributed by atoms with van der Waals surface area (Å²) in [6, 6.07) is 5.66. The third-order valence-electron chi connectivity index (χ3n) is 1.79. The number of hydrogen-bond donors (Lipinski definition) is 1. The van der Waals surface area contributed by atoms with E-state index in [0.29, 0.717) is 5.69 Å². The van der Waals surface area contributed by atoms with Gasteiger partial charge in [-0.25, -0.2) is 4.79 Å². The summed E-state index contributed by atoms with van der Waals surface area (Å²) in [5, 5.41) is 3.15. The number of halogens is 3. The van der Waals surface area contributed by atoms with Crippen molar-refractivity contribution < 1.29 is 23.0 Å². The molecule has 0 spiro atoms. The van der Waals surface area contributed by atoms with Crippen LogP contribution in [0.25, 0.3) is 0 Å². The van der Waals surface area contributed by atoms with Crippen LogP contribution in [-0.4, -0.2) is 24.4 Å². The van der Waals surface area contributed by atoms with Crippen LogP contribution in [0.5, 0.6) is 5.75 Å². The van der Waals surface area contributed by atoms with Crippen molar-refractivity contribution >= 4 is 28.4 Å². The molecule has 0 heterocycles. The van der Waals surface area contributed by atoms with Crippen LogP contribution < -0.4 is 10.2 Å². The quantitative estimate of drug-likeness (QED) is 0.497. The molecule has 1 aromatic carbocycles. The first-order valence-corrected chi connectivity index (χ1v) is 5.62. The molecule has 0 aliphatic rings. The summed E-state index contributed by atoms with van der Waals surface area (Å²) in [6.07, 6.45) is 0. The first-order chi connectivity index (χ1) is 9.02. The maximum Gasteiger partial charge on any atom is 0.387 e. The number of alkyl halides is 2. The van der Waals surface area contributed by atoms with Gasteiger partial charge in [0.05, 0.1) is 12.3 Å². The van der Waals surface area contributed by atoms with E-state index in [4.69, 9.17) is 11.6 Å². The Balaban J connectivity index is 2.67. The molecule has 0 saturated carbocycles. The number of benzene rings is 1. The second-order valence-electron chi connectivity index (χ2n) is 3.14. The molecule has 104 valence electrons. The molecule has 0 aliphatic heterocycles. The summed E-state index contributed by atoms with van der Waals surface area (Å²) < 4.78 is 32.8. The van der Waals surface area contributed by atoms with Gasteiger partial charge in [-0.2, -0.15) is 13.9 Å². The Hall–Kier alpha value is -1.89. The van der Waals surface area contributed by atoms with Crippen LogP contribution in [0.1, 0.15) is 6.92 Å². The number of rotatable bonds is 6. The molecule has 5 nitrogen and oxygen atoms in total. The van der Waals surface area contributed by atoms with E-state index in [-0.39, 0.29) is 12.4 Å². The number of esters is 1. The molecule has 0 fully saturated rings. The smallest absolute Gasteiger partial charge is 0.387 e. The van der Waals surface area contributed by atoms with Gasteiger partial charge < -0.3 is 9.47 Å². The molecular formula is C11H11ClF2N2O3. The number of ether oxygens (including phenoxy) is 2. The lowest BCUT2D eigenvalue weighted by molar-refractivity contribution is -0.134. The lowest BCUT2D eigenvalue weighted by Crippen LogP contribution is -2.13. The Labute approximate surface area is 113 Å². The highest BCUT2D eigenvalue weighted by molar-refractivity contribution is 6.82. The zero-order valence-electron chi connectivity index (χ0n) is 9.90. The van der Waals surface area contributed by atoms with Crippen LogP contribution in [0.15, 0.2) is 29.4 Å². The molecule has 19 heavy (non-hydrogen) atoms. The van der Waals surface area contributed by atoms with Gasteiger partial charge in [-0.05, 0) is 19.1 Å². The fraction of sp³-hybridized carbons (Fsp3) is 0.273. The monoisotopic (exact) mass is 292 g/mol. The summed E-state index contributed by atoms with van der Waals surface area (Å²) in [7, 11) is 0. The predicted molar refractivity (Wildman–Crippen MR) is 66.6 cm³/mol. The van der Waals surface area contributed by atoms with Crippen molar-refractivity contribution in [1.29, 1.82) is 0 Å². The van der Waals surface area contributed by atoms with Crippen molar-refractivity contribution in [3.8, 4) is 5.75 Å². The summed E-state index contributed by atoms with van der Waals surface area (Å²) in [6.45, 7) is -1.12. The number of anilines is 1. The average Bonchev–Trinajstić information content (AvgIpc) is 2.36. The SMILES string of the molecule is CCOC(=O)/C(Cl)=N/Nc1cccc(OC(F)F)c1. The third-order valence-corrected chi connectivity index (χ3v) is 2.03. The lowest BCUT2D eigenvalue weighted by Gasteiger charge is -2.06. The van der Waals surface area contributed by atoms with E-state index >= 15 is 0 Å². The number of nitrogens with one attached hydrogen (secondary N) is 1. The molecule has 0 saturated heterocycles. The van der Waals surface area contributed by atoms with Gasteiger partial charge >= 0.3 is 12.6 Å². The van der Waals surface area contributed by atoms with Gasteiger partial charge in [0.15, 0.2) is 0 Å². The molecule has 1 N–H and O–H groups in total. The molecule has 0 atom stereocenters. The van der Waals surface area contributed by atoms with Crippen molar-refractivity contribution in [2.75, 3.05) is 12.0 Å². The second kappa shape index (κ2) is 7.52. The summed E-state index contributed by atoms with van der Waals surface area (Å²) in [4.78, 5) is 11.1. The summed E-state index contributed by atoms with van der Waals surface area (Å²) in [5.74, 6) is -0.820. The van der Waals surface area contributed by atoms with Crippen molar-refractivity contribution in [1.82, 2.24) is 0 Å². The molecule has 0 aromatic heterocycles. The van der Waals surface area contributed by atoms with Crippen molar-refractivity contribution in [3.63, 3.8) is 0 Å². The molecule has 8 heteroatoms. The average molecular weight is 293 g/mol. The molecule has 0 bridgehead atoms. The predicted octanol–water partition coefficient (Wildman–Crippen LogP) is 2.82. The third kappa shape index (κ3) is 5.52. The fourth-order valence-electron chi connectivity index (χ4n) is 1.09. The minimum Gasteiger partial charge on any atom is -0.461 e. The van der Waals surface area contributed by atoms with Crippen LogP contribution in [0.3, 0.4) is 0 Å². The Morgan fingerprint density at radius 3 is 2.89 bits per heavy atom. The van der Waals surface area contributed by atoms with Gasteiger partial charge in [-0.3, -0.25) is 5.43 Å². The van der Waals surface area contributed by atoms with Crippen LogP contribution in [-0.2, 0) is 9.53 Å². The Bertz CT molecular complexity index is 469. The van der Waals surface area contributed by atoms with E-state index in [1.54, 1.807) is 6.92 Å². The molecular weight excluding hydrogens is 282 g/mol. The number of hydrogen-bond acceptors (Lipinski definition) is 5. The minimum atomic E-state index is -2.91. The first kappa shape index (κ1) is 15.2. The minimum absolute atomic E-state index is 0.0394. The number of nitrogens with zero attached hydrogens (tertiary/aromatic N) is 1. The summed E-state index contributed by atoms with van der Waals surface area (Å²) in [5.41, 5.74) is 2.76. The topological polar surface area (TPSA) is 59.9 Å². The maximum absolute atomic E-state index is 12.0. The zero-order chi connectivity index (χ0) is 14.3. The zero-order valence-corrected chi connectivity index (χ0v) is 10.7. The first-order valence-electron chi connectivity index (χ1n) is 5.24. The number of hydrazone groups is 1. The van der Waals surface area contributed by atoms with Gasteiger partial charge in [0.25, 0.3) is 0 Å². The standard InChI is InChI=1S/C11H11ClF2N2O3/c1-2-18-10(17)9(12)16-15-7-4-3-5-8(6-7)19-11(13)14/h3-6,11,15H,2H2,1H3/b16-9-. The Morgan fingerprint density at radius 2 is 2.26 bits per heavy atom. The normalized spacial score (nSPS) is 11.3. The van der Waals surface area contributed by atoms with Gasteiger partial charge in [0, 0.05) is 6.07 Å². The lowest BCUT2D eigenvalue weighted by atomic mass is 10.3. The molecule has 0 unspecified atom stereocenters. The van der Waals surface area contributed by atoms with Crippen LogP contribution >= 0.6 is 11.6 Å². The van der Waals surface area contributed by atoms with Gasteiger partial charge in [0.1, 0.15) is 5.75 Å². The second-order valence-corrected chi connectivity index (χ2v) is 3.50. The van der Waals surface area contributed by atoms with Crippen molar-refractivity contribution in [3.05, 3.63) is 24.3 Å². The molecule has 1 aromatic rings. The van der Waals surface area contributed by atoms with Gasteiger partial charge in [-0.1, -0.05) is 17.7 Å². The fourth-order valence-corrected chi connectivity index (χ4v) is 1.19. The Morgan fingerprint density at radius 1 is 1.53 bits per heavy atom. The van der Waals surface area contributed by atoms with Crippen LogP contribution in [0.2, 0.25) is 0 Å². The highest BCUT2D eigenvalue weighted by Gasteiger charge is 2.09. The van der Waals surface area contributed by atoms with Crippen LogP contribution in [0.4, 0.5) is 14.5 Å². The number of carbonyl (C=O) groups is 1. The molecule has 0 aliphatic carbocycles. The van der Waals surface area contributed by atoms with E-state index in [1.165, 1.54) is 24.3 Å². The highest BCUT2D eigenvalue weighted by Crippen LogP contribution is 2.19. The van der Waals surface area contributed by atoms with Crippen molar-refractivity contribution in [2.24, 2.45) is 5.10 Å². The molecule has 0 radical (unpaired) electrons. The van der Waals surface area contributed by atoms with Gasteiger partial charge in [-0.15, -0.1) is 0 Å². The highest BCUT2D eigenvalue weighted by atomic mass is 35.5. The molecule has 1 rings (SSSR count). The largest absolute Gasteiger partial charge is 0.461 e. The van der Waals surface area contributed by atoms with E-state index < -0.39 is 17.8 Å². The van der Waals surface area contributed by atoms with Crippen molar-refractivity contribution in [2.45, 2.75) is 13.5 Å². The van der Waals surface area contributed by atoms with E-state index in [2.05, 4.69) is 20.0 Å². The Kier molecular flexibility index (Phi) is 6.01. The van der Waals surface area contributed by atoms with E-state index in [1.807, 2.05) is 0 Å².